The molecule has 2 atom stereocenters. The van der Waals surface area contributed by atoms with Gasteiger partial charge in [-0.05, 0) is 66.5 Å². The number of morpholine rings is 1. The molecule has 0 saturated carbocycles. The lowest BCUT2D eigenvalue weighted by molar-refractivity contribution is 0.0664. The van der Waals surface area contributed by atoms with Crippen LogP contribution in [0.15, 0.2) is 58.1 Å². The van der Waals surface area contributed by atoms with Gasteiger partial charge >= 0.3 is 0 Å². The van der Waals surface area contributed by atoms with Crippen LogP contribution in [0.1, 0.15) is 61.8 Å². The summed E-state index contributed by atoms with van der Waals surface area (Å²) in [4.78, 5) is 39.8. The summed E-state index contributed by atoms with van der Waals surface area (Å²) in [5.74, 6) is 1.70. The lowest BCUT2D eigenvalue weighted by atomic mass is 9.96. The van der Waals surface area contributed by atoms with E-state index in [4.69, 9.17) is 14.5 Å². The van der Waals surface area contributed by atoms with Gasteiger partial charge in [-0.1, -0.05) is 32.9 Å². The summed E-state index contributed by atoms with van der Waals surface area (Å²) >= 11 is 0. The molecule has 4 N–H and O–H groups in total. The zero-order valence-corrected chi connectivity index (χ0v) is 24.5. The number of hydrogen-bond acceptors (Lipinski definition) is 6. The van der Waals surface area contributed by atoms with Crippen molar-refractivity contribution in [3.8, 4) is 11.5 Å². The Bertz CT molecular complexity index is 1740. The van der Waals surface area contributed by atoms with Crippen molar-refractivity contribution < 1.29 is 13.9 Å². The van der Waals surface area contributed by atoms with Gasteiger partial charge in [0.05, 0.1) is 18.9 Å². The summed E-state index contributed by atoms with van der Waals surface area (Å²) in [6.07, 6.45) is 4.05. The first-order valence-electron chi connectivity index (χ1n) is 13.8. The van der Waals surface area contributed by atoms with Gasteiger partial charge in [-0.25, -0.2) is 9.37 Å². The zero-order chi connectivity index (χ0) is 28.9. The summed E-state index contributed by atoms with van der Waals surface area (Å²) in [6.45, 7) is 8.32. The lowest BCUT2D eigenvalue weighted by Crippen LogP contribution is -2.46. The molecule has 2 aromatic carbocycles. The van der Waals surface area contributed by atoms with Crippen molar-refractivity contribution in [2.24, 2.45) is 0 Å². The van der Waals surface area contributed by atoms with E-state index in [-0.39, 0.29) is 46.8 Å². The molecule has 0 spiro atoms. The van der Waals surface area contributed by atoms with Gasteiger partial charge < -0.3 is 29.7 Å². The number of benzene rings is 2. The largest absolute Gasteiger partial charge is 0.457 e. The Morgan fingerprint density at radius 1 is 1.02 bits per heavy atom. The first-order chi connectivity index (χ1) is 19.8. The van der Waals surface area contributed by atoms with Crippen LogP contribution in [0.3, 0.4) is 0 Å². The molecule has 0 aliphatic carbocycles. The fourth-order valence-corrected chi connectivity index (χ4v) is 4.96. The highest BCUT2D eigenvalue weighted by Gasteiger charge is 2.27. The van der Waals surface area contributed by atoms with Crippen molar-refractivity contribution in [2.45, 2.75) is 45.1 Å². The number of hydrogen-bond donors (Lipinski definition) is 4. The molecule has 5 rings (SSSR count). The first-order valence-corrected chi connectivity index (χ1v) is 13.8. The summed E-state index contributed by atoms with van der Waals surface area (Å²) in [7, 11) is 0. The molecule has 42 heavy (non-hydrogen) atoms. The van der Waals surface area contributed by atoms with Crippen molar-refractivity contribution in [1.82, 2.24) is 25.3 Å². The van der Waals surface area contributed by atoms with Crippen molar-refractivity contribution in [2.75, 3.05) is 19.8 Å². The van der Waals surface area contributed by atoms with E-state index in [1.165, 1.54) is 24.3 Å². The standard InChI is InChI=1S/C31H34FN5O4.ClH/c1-4-23(27-17-40-13-12-33-27)29-34-24(28(37-29)18(2)3)16-26-31(39)35-25(30(38)36-26)15-19-6-5-7-22(14-19)41-21-10-8-20(32)9-11-21;/h5-11,14-16,18,23,27,33H,4,12-13,17H2,1-3H3,(H,34,37)(H,35,39)(H,36,38);1H/b25-15-,26-16-;. The van der Waals surface area contributed by atoms with Crippen molar-refractivity contribution in [3.63, 3.8) is 0 Å². The second kappa shape index (κ2) is 13.8. The highest BCUT2D eigenvalue weighted by molar-refractivity contribution is 5.85. The molecule has 2 aromatic heterocycles. The Labute approximate surface area is 248 Å². The van der Waals surface area contributed by atoms with Gasteiger partial charge in [0.15, 0.2) is 0 Å². The maximum absolute atomic E-state index is 13.2. The summed E-state index contributed by atoms with van der Waals surface area (Å²) in [5.41, 5.74) is 1.27. The SMILES string of the molecule is CCC(c1nc(/C=c2\[nH]c(=O)/c(=C/c3cccc(Oc4ccc(F)cc4)c3)[nH]c2=O)c(C(C)C)[nH]1)C1COCCN1.Cl. The molecule has 2 unspecified atom stereocenters. The van der Waals surface area contributed by atoms with E-state index < -0.39 is 11.1 Å². The summed E-state index contributed by atoms with van der Waals surface area (Å²) in [5, 5.41) is 3.74. The predicted molar refractivity (Wildman–Crippen MR) is 163 cm³/mol. The Morgan fingerprint density at radius 2 is 1.74 bits per heavy atom. The van der Waals surface area contributed by atoms with Crippen LogP contribution in [0.5, 0.6) is 11.5 Å². The molecule has 1 saturated heterocycles. The topological polar surface area (TPSA) is 125 Å². The van der Waals surface area contributed by atoms with Gasteiger partial charge in [0, 0.05) is 24.2 Å². The molecule has 4 aromatic rings. The first kappa shape index (κ1) is 31.0. The fraction of sp³-hybridized carbons (Fsp3) is 0.323. The molecule has 9 nitrogen and oxygen atoms in total. The maximum Gasteiger partial charge on any atom is 0.272 e. The number of H-pyrrole nitrogens is 3. The average Bonchev–Trinajstić information content (AvgIpc) is 3.37. The number of rotatable bonds is 8. The quantitative estimate of drug-likeness (QED) is 0.247. The van der Waals surface area contributed by atoms with Crippen LogP contribution < -0.4 is 31.9 Å². The van der Waals surface area contributed by atoms with E-state index in [1.807, 2.05) is 0 Å². The minimum Gasteiger partial charge on any atom is -0.457 e. The Kier molecular flexibility index (Phi) is 10.2. The highest BCUT2D eigenvalue weighted by atomic mass is 35.5. The second-order valence-corrected chi connectivity index (χ2v) is 10.4. The summed E-state index contributed by atoms with van der Waals surface area (Å²) in [6, 6.07) is 12.8. The van der Waals surface area contributed by atoms with Gasteiger partial charge in [-0.3, -0.25) is 9.59 Å². The van der Waals surface area contributed by atoms with Crippen molar-refractivity contribution >= 4 is 24.6 Å². The minimum atomic E-state index is -0.447. The van der Waals surface area contributed by atoms with Crippen molar-refractivity contribution in [3.05, 3.63) is 109 Å². The Morgan fingerprint density at radius 3 is 2.38 bits per heavy atom. The molecular formula is C31H35ClFN5O4. The molecule has 1 aliphatic heterocycles. The van der Waals surface area contributed by atoms with Gasteiger partial charge in [-0.15, -0.1) is 12.4 Å². The van der Waals surface area contributed by atoms with Gasteiger partial charge in [0.25, 0.3) is 11.1 Å². The Balaban J connectivity index is 0.00000405. The van der Waals surface area contributed by atoms with E-state index in [1.54, 1.807) is 36.4 Å². The molecular weight excluding hydrogens is 561 g/mol. The number of aromatic nitrogens is 4. The molecule has 11 heteroatoms. The van der Waals surface area contributed by atoms with Gasteiger partial charge in [0.1, 0.15) is 33.8 Å². The molecule has 1 aliphatic rings. The highest BCUT2D eigenvalue weighted by Crippen LogP contribution is 2.27. The molecule has 0 radical (unpaired) electrons. The van der Waals surface area contributed by atoms with E-state index in [0.717, 1.165) is 24.5 Å². The molecule has 1 fully saturated rings. The van der Waals surface area contributed by atoms with Crippen LogP contribution in [-0.4, -0.2) is 45.7 Å². The van der Waals surface area contributed by atoms with Crippen LogP contribution in [0.25, 0.3) is 12.2 Å². The molecule has 3 heterocycles. The predicted octanol–water partition coefficient (Wildman–Crippen LogP) is 3.40. The number of nitrogens with one attached hydrogen (secondary N) is 4. The van der Waals surface area contributed by atoms with E-state index >= 15 is 0 Å². The van der Waals surface area contributed by atoms with Crippen LogP contribution in [-0.2, 0) is 4.74 Å². The third-order valence-corrected chi connectivity index (χ3v) is 7.07. The van der Waals surface area contributed by atoms with Crippen LogP contribution in [0.2, 0.25) is 0 Å². The molecule has 222 valence electrons. The monoisotopic (exact) mass is 595 g/mol. The second-order valence-electron chi connectivity index (χ2n) is 10.4. The number of ether oxygens (including phenoxy) is 2. The van der Waals surface area contributed by atoms with E-state index in [2.05, 4.69) is 41.0 Å². The smallest absolute Gasteiger partial charge is 0.272 e. The van der Waals surface area contributed by atoms with E-state index in [0.29, 0.717) is 36.0 Å². The van der Waals surface area contributed by atoms with E-state index in [9.17, 15) is 14.0 Å². The summed E-state index contributed by atoms with van der Waals surface area (Å²) < 4.78 is 24.6. The third-order valence-electron chi connectivity index (χ3n) is 7.07. The number of halogens is 2. The maximum atomic E-state index is 13.2. The number of imidazole rings is 1. The molecule has 0 amide bonds. The van der Waals surface area contributed by atoms with Gasteiger partial charge in [-0.2, -0.15) is 0 Å². The number of aromatic amines is 3. The van der Waals surface area contributed by atoms with Crippen LogP contribution in [0.4, 0.5) is 4.39 Å². The van der Waals surface area contributed by atoms with Crippen LogP contribution >= 0.6 is 12.4 Å². The van der Waals surface area contributed by atoms with Crippen LogP contribution in [0, 0.1) is 5.82 Å². The molecule has 0 bridgehead atoms. The third kappa shape index (κ3) is 7.25. The average molecular weight is 596 g/mol. The normalized spacial score (nSPS) is 16.8. The Hall–Kier alpha value is -3.99. The lowest BCUT2D eigenvalue weighted by Gasteiger charge is -2.29. The number of nitrogens with zero attached hydrogens (tertiary/aromatic N) is 1. The zero-order valence-electron chi connectivity index (χ0n) is 23.7. The fourth-order valence-electron chi connectivity index (χ4n) is 4.96. The van der Waals surface area contributed by atoms with Gasteiger partial charge in [0.2, 0.25) is 0 Å². The van der Waals surface area contributed by atoms with Crippen molar-refractivity contribution in [1.29, 1.82) is 0 Å². The minimum absolute atomic E-state index is 0.